The fourth-order valence-corrected chi connectivity index (χ4v) is 21.8. The van der Waals surface area contributed by atoms with E-state index < -0.39 is 0 Å². The first-order chi connectivity index (χ1) is 34.1. The van der Waals surface area contributed by atoms with Crippen molar-refractivity contribution in [2.75, 3.05) is 0 Å². The van der Waals surface area contributed by atoms with Crippen molar-refractivity contribution in [3.63, 3.8) is 0 Å². The van der Waals surface area contributed by atoms with Crippen LogP contribution in [0.15, 0.2) is 0 Å². The molecule has 5 aliphatic heterocycles. The van der Waals surface area contributed by atoms with Crippen LogP contribution in [0.5, 0.6) is 0 Å². The molecule has 73 heavy (non-hydrogen) atoms. The summed E-state index contributed by atoms with van der Waals surface area (Å²) in [5.41, 5.74) is 1.61. The minimum Gasteiger partial charge on any atom is -0.632 e. The van der Waals surface area contributed by atoms with Gasteiger partial charge in [0, 0.05) is 0 Å². The van der Waals surface area contributed by atoms with Gasteiger partial charge in [0.05, 0.1) is 24.7 Å². The molecule has 13 rings (SSSR count). The number of nitrogens with one attached hydrogen (secondary N) is 6. The van der Waals surface area contributed by atoms with E-state index in [9.17, 15) is 0 Å². The van der Waals surface area contributed by atoms with Gasteiger partial charge >= 0.3 is 19.5 Å². The quantitative estimate of drug-likeness (QED) is 0.135. The molecule has 13 fully saturated rings. The molecule has 0 radical (unpaired) electrons. The Hall–Kier alpha value is 0.303. The topological polar surface area (TPSA) is 100 Å². The third kappa shape index (κ3) is 10.1. The van der Waals surface area contributed by atoms with Crippen LogP contribution in [0.3, 0.4) is 0 Å². The Morgan fingerprint density at radius 3 is 0.685 bits per heavy atom. The number of nitrogens with zero attached hydrogens (tertiary/aromatic N) is 2. The molecule has 408 valence electrons. The second-order valence-electron chi connectivity index (χ2n) is 33.8. The van der Waals surface area contributed by atoms with E-state index in [1.54, 1.807) is 0 Å². The fourth-order valence-electron chi connectivity index (χ4n) is 21.8. The van der Waals surface area contributed by atoms with Crippen LogP contribution in [0.1, 0.15) is 212 Å². The van der Waals surface area contributed by atoms with Gasteiger partial charge in [-0.3, -0.25) is 10.6 Å². The minimum absolute atomic E-state index is 0. The molecule has 6 N–H and O–H groups in total. The summed E-state index contributed by atoms with van der Waals surface area (Å²) < 4.78 is 0. The summed E-state index contributed by atoms with van der Waals surface area (Å²) in [7, 11) is 0. The maximum absolute atomic E-state index is 6.14. The Morgan fingerprint density at radius 2 is 0.452 bits per heavy atom. The molecule has 28 atom stereocenters. The normalized spacial score (nSPS) is 53.8. The van der Waals surface area contributed by atoms with Crippen molar-refractivity contribution in [1.82, 2.24) is 31.9 Å². The molecule has 28 unspecified atom stereocenters. The molecule has 0 aromatic carbocycles. The first-order valence-electron chi connectivity index (χ1n) is 32.0. The first kappa shape index (κ1) is 53.9. The number of fused-ring (bicyclic) bond motifs is 24. The molecule has 0 spiro atoms. The van der Waals surface area contributed by atoms with Gasteiger partial charge in [-0.05, 0) is 268 Å². The largest absolute Gasteiger partial charge is 2.00 e. The van der Waals surface area contributed by atoms with Gasteiger partial charge in [-0.15, -0.1) is 0 Å². The second-order valence-corrected chi connectivity index (χ2v) is 33.8. The average Bonchev–Trinajstić information content (AvgIpc) is 4.04. The second kappa shape index (κ2) is 19.8. The van der Waals surface area contributed by atoms with Gasteiger partial charge in [-0.25, -0.2) is 0 Å². The molecule has 13 aliphatic rings. The summed E-state index contributed by atoms with van der Waals surface area (Å²) >= 11 is 0. The van der Waals surface area contributed by atoms with Crippen LogP contribution in [-0.2, 0) is 19.5 Å². The Morgan fingerprint density at radius 1 is 0.247 bits per heavy atom. The molecule has 0 amide bonds. The summed E-state index contributed by atoms with van der Waals surface area (Å²) in [5, 5.41) is 39.6. The van der Waals surface area contributed by atoms with Crippen LogP contribution >= 0.6 is 0 Å². The molecule has 5 heterocycles. The van der Waals surface area contributed by atoms with Gasteiger partial charge in [-0.1, -0.05) is 108 Å². The molecule has 9 heteroatoms. The van der Waals surface area contributed by atoms with E-state index in [1.165, 1.54) is 128 Å². The summed E-state index contributed by atoms with van der Waals surface area (Å²) in [5.74, 6) is 15.4. The molecular weight excluding hydrogens is 946 g/mol. The van der Waals surface area contributed by atoms with Crippen LogP contribution in [0.2, 0.25) is 0 Å². The van der Waals surface area contributed by atoms with Crippen molar-refractivity contribution in [3.05, 3.63) is 10.6 Å². The van der Waals surface area contributed by atoms with Gasteiger partial charge < -0.3 is 31.9 Å². The zero-order chi connectivity index (χ0) is 50.0. The van der Waals surface area contributed by atoms with Crippen LogP contribution in [0, 0.1) is 140 Å². The number of hydrogen-bond acceptors (Lipinski definition) is 6. The monoisotopic (exact) mass is 1050 g/mol. The van der Waals surface area contributed by atoms with Crippen LogP contribution < -0.4 is 31.9 Å². The minimum atomic E-state index is 0. The summed E-state index contributed by atoms with van der Waals surface area (Å²) in [4.78, 5) is 0. The number of rotatable bonds is 0. The first-order valence-corrected chi connectivity index (χ1v) is 32.0. The molecule has 8 aliphatic carbocycles. The molecule has 8 bridgehead atoms. The third-order valence-electron chi connectivity index (χ3n) is 26.4. The average molecular weight is 1060 g/mol. The molecule has 8 saturated carbocycles. The van der Waals surface area contributed by atoms with E-state index in [1.807, 2.05) is 0 Å². The summed E-state index contributed by atoms with van der Waals surface area (Å²) in [6, 6.07) is 0. The van der Waals surface area contributed by atoms with E-state index in [0.29, 0.717) is 93.7 Å². The SMILES string of the molecule is CC(C)(C)C1CCC2CC3C4[N-]C(NC5NC(NC6[N-]C(NC7NC(N4)C4CC8CC(C(C)(C)C)CCC8CC74)C4CC7CC(C(C)(C)C)CCC7CC64)C4CC6CC(C(C)(C)C)CCC6CC54)C3CC2C1.[Zn+2]. The Balaban J connectivity index is 0.00000543. The van der Waals surface area contributed by atoms with Crippen LogP contribution in [0.4, 0.5) is 0 Å². The standard InChI is InChI=1S/C64H110N8.Zn/c1-61(2,3)41-17-13-33-25-45-49(29-37(33)21-41)57-65-53(45)70-58-51-31-39-23-43(63(7,8)9)19-15-35(39)27-47(51)55(67-58)72-60-52-32-40-24-44(64(10,11)12)20-16-36(40)28-48(52)56(68-60)71-59-50-30-38-22-42(62(4,5)6)18-14-34(38)26-46(50)54(66-59)69-57;/h33-60,65,68-72H,13-32H2,1-12H3;/q-2;+2. The third-order valence-corrected chi connectivity index (χ3v) is 26.4. The van der Waals surface area contributed by atoms with Gasteiger partial charge in [0.1, 0.15) is 0 Å². The van der Waals surface area contributed by atoms with E-state index in [-0.39, 0.29) is 44.1 Å². The maximum Gasteiger partial charge on any atom is 2.00 e. The summed E-state index contributed by atoms with van der Waals surface area (Å²) in [6.07, 6.45) is 30.4. The Kier molecular flexibility index (Phi) is 14.6. The Bertz CT molecular complexity index is 1660. The van der Waals surface area contributed by atoms with Crippen molar-refractivity contribution in [1.29, 1.82) is 0 Å². The molecule has 5 saturated heterocycles. The maximum atomic E-state index is 6.14. The van der Waals surface area contributed by atoms with Crippen molar-refractivity contribution in [2.24, 2.45) is 140 Å². The van der Waals surface area contributed by atoms with E-state index >= 15 is 0 Å². The summed E-state index contributed by atoms with van der Waals surface area (Å²) in [6.45, 7) is 30.4. The molecular formula is C64H110N8Zn. The van der Waals surface area contributed by atoms with E-state index in [4.69, 9.17) is 10.6 Å². The number of hydrogen-bond donors (Lipinski definition) is 6. The van der Waals surface area contributed by atoms with E-state index in [2.05, 4.69) is 115 Å². The molecule has 8 nitrogen and oxygen atoms in total. The zero-order valence-corrected chi connectivity index (χ0v) is 51.9. The fraction of sp³-hybridized carbons (Fsp3) is 1.00. The Labute approximate surface area is 460 Å². The van der Waals surface area contributed by atoms with Crippen molar-refractivity contribution < 1.29 is 19.5 Å². The molecule has 0 aromatic heterocycles. The van der Waals surface area contributed by atoms with Crippen molar-refractivity contribution >= 4 is 0 Å². The zero-order valence-electron chi connectivity index (χ0n) is 48.9. The van der Waals surface area contributed by atoms with Crippen molar-refractivity contribution in [2.45, 2.75) is 261 Å². The van der Waals surface area contributed by atoms with E-state index in [0.717, 1.165) is 71.0 Å². The van der Waals surface area contributed by atoms with Crippen LogP contribution in [-0.4, -0.2) is 49.3 Å². The van der Waals surface area contributed by atoms with Gasteiger partial charge in [0.25, 0.3) is 0 Å². The molecule has 0 aromatic rings. The van der Waals surface area contributed by atoms with Gasteiger partial charge in [0.15, 0.2) is 0 Å². The predicted octanol–water partition coefficient (Wildman–Crippen LogP) is 13.4. The van der Waals surface area contributed by atoms with Crippen molar-refractivity contribution in [3.8, 4) is 0 Å². The van der Waals surface area contributed by atoms with Crippen LogP contribution in [0.25, 0.3) is 10.6 Å². The van der Waals surface area contributed by atoms with Gasteiger partial charge in [-0.2, -0.15) is 0 Å². The smallest absolute Gasteiger partial charge is 0.632 e. The predicted molar refractivity (Wildman–Crippen MR) is 296 cm³/mol. The van der Waals surface area contributed by atoms with Gasteiger partial charge in [0.2, 0.25) is 0 Å².